The molecule has 3 rings (SSSR count). The second kappa shape index (κ2) is 6.41. The van der Waals surface area contributed by atoms with Gasteiger partial charge in [0, 0.05) is 29.2 Å². The minimum absolute atomic E-state index is 0.562. The Hall–Kier alpha value is -0.990. The van der Waals surface area contributed by atoms with E-state index in [0.29, 0.717) is 16.0 Å². The van der Waals surface area contributed by atoms with Crippen molar-refractivity contribution in [2.45, 2.75) is 44.9 Å². The second-order valence-corrected chi connectivity index (χ2v) is 6.55. The number of hydrogen-bond donors (Lipinski definition) is 1. The zero-order valence-electron chi connectivity index (χ0n) is 12.3. The van der Waals surface area contributed by atoms with Gasteiger partial charge in [-0.2, -0.15) is 0 Å². The van der Waals surface area contributed by atoms with E-state index in [1.54, 1.807) is 0 Å². The Balaban J connectivity index is 2.14. The molecular formula is C17H20Cl2N2. The predicted molar refractivity (Wildman–Crippen MR) is 91.8 cm³/mol. The van der Waals surface area contributed by atoms with Crippen molar-refractivity contribution in [1.82, 2.24) is 4.98 Å². The van der Waals surface area contributed by atoms with Crippen LogP contribution >= 0.6 is 23.2 Å². The van der Waals surface area contributed by atoms with E-state index < -0.39 is 0 Å². The number of nitrogens with one attached hydrogen (secondary N) is 1. The third kappa shape index (κ3) is 2.97. The Morgan fingerprint density at radius 3 is 2.71 bits per heavy atom. The number of halogens is 2. The van der Waals surface area contributed by atoms with Gasteiger partial charge in [-0.3, -0.25) is 4.98 Å². The van der Waals surface area contributed by atoms with E-state index in [4.69, 9.17) is 28.2 Å². The van der Waals surface area contributed by atoms with Crippen molar-refractivity contribution in [2.75, 3.05) is 11.9 Å². The van der Waals surface area contributed by atoms with Crippen LogP contribution in [0, 0.1) is 0 Å². The normalized spacial score (nSPS) is 15.8. The predicted octanol–water partition coefficient (Wildman–Crippen LogP) is 6.02. The Bertz CT molecular complexity index is 649. The molecule has 112 valence electrons. The first-order chi connectivity index (χ1) is 10.2. The van der Waals surface area contributed by atoms with E-state index >= 15 is 0 Å². The highest BCUT2D eigenvalue weighted by Gasteiger charge is 2.21. The lowest BCUT2D eigenvalue weighted by atomic mass is 10.0. The van der Waals surface area contributed by atoms with Crippen LogP contribution in [-0.4, -0.2) is 11.5 Å². The Morgan fingerprint density at radius 1 is 1.24 bits per heavy atom. The number of pyridine rings is 1. The first kappa shape index (κ1) is 14.9. The lowest BCUT2D eigenvalue weighted by Gasteiger charge is -2.15. The number of rotatable bonds is 4. The lowest BCUT2D eigenvalue weighted by molar-refractivity contribution is 0.701. The van der Waals surface area contributed by atoms with Crippen LogP contribution in [0.3, 0.4) is 0 Å². The summed E-state index contributed by atoms with van der Waals surface area (Å²) in [5.41, 5.74) is 3.11. The van der Waals surface area contributed by atoms with Crippen molar-refractivity contribution in [1.29, 1.82) is 0 Å². The van der Waals surface area contributed by atoms with Gasteiger partial charge in [-0.25, -0.2) is 0 Å². The fourth-order valence-electron chi connectivity index (χ4n) is 3.09. The average molecular weight is 323 g/mol. The molecule has 2 nitrogen and oxygen atoms in total. The minimum Gasteiger partial charge on any atom is -0.384 e. The summed E-state index contributed by atoms with van der Waals surface area (Å²) in [7, 11) is 0. The van der Waals surface area contributed by atoms with Gasteiger partial charge in [-0.1, -0.05) is 43.0 Å². The van der Waals surface area contributed by atoms with E-state index in [1.807, 2.05) is 12.1 Å². The molecule has 1 saturated carbocycles. The smallest absolute Gasteiger partial charge is 0.0927 e. The highest BCUT2D eigenvalue weighted by molar-refractivity contribution is 6.45. The second-order valence-electron chi connectivity index (χ2n) is 5.76. The van der Waals surface area contributed by atoms with Crippen LogP contribution in [0.5, 0.6) is 0 Å². The molecule has 1 aliphatic rings. The zero-order chi connectivity index (χ0) is 14.8. The van der Waals surface area contributed by atoms with Crippen LogP contribution in [0.4, 0.5) is 5.69 Å². The number of anilines is 1. The lowest BCUT2D eigenvalue weighted by Crippen LogP contribution is -2.04. The number of nitrogens with zero attached hydrogens (tertiary/aromatic N) is 1. The molecular weight excluding hydrogens is 303 g/mol. The van der Waals surface area contributed by atoms with Gasteiger partial charge in [0.1, 0.15) is 0 Å². The summed E-state index contributed by atoms with van der Waals surface area (Å²) < 4.78 is 0. The largest absolute Gasteiger partial charge is 0.384 e. The summed E-state index contributed by atoms with van der Waals surface area (Å²) in [5, 5.41) is 5.70. The van der Waals surface area contributed by atoms with Gasteiger partial charge < -0.3 is 5.32 Å². The molecule has 0 amide bonds. The van der Waals surface area contributed by atoms with Crippen LogP contribution < -0.4 is 5.32 Å². The summed E-state index contributed by atoms with van der Waals surface area (Å²) in [6.07, 6.45) is 6.13. The molecule has 1 heterocycles. The third-order valence-electron chi connectivity index (χ3n) is 4.23. The number of benzene rings is 1. The van der Waals surface area contributed by atoms with Crippen molar-refractivity contribution in [3.05, 3.63) is 33.9 Å². The molecule has 1 fully saturated rings. The van der Waals surface area contributed by atoms with Crippen molar-refractivity contribution in [3.8, 4) is 0 Å². The molecule has 0 radical (unpaired) electrons. The molecule has 2 aromatic rings. The van der Waals surface area contributed by atoms with Gasteiger partial charge in [0.2, 0.25) is 0 Å². The summed E-state index contributed by atoms with van der Waals surface area (Å²) >= 11 is 12.6. The first-order valence-electron chi connectivity index (χ1n) is 7.73. The quantitative estimate of drug-likeness (QED) is 0.744. The maximum atomic E-state index is 6.39. The summed E-state index contributed by atoms with van der Waals surface area (Å²) in [6, 6.07) is 6.06. The molecule has 0 saturated heterocycles. The first-order valence-corrected chi connectivity index (χ1v) is 8.48. The molecule has 4 heteroatoms. The fourth-order valence-corrected chi connectivity index (χ4v) is 3.45. The Kier molecular flexibility index (Phi) is 4.56. The zero-order valence-corrected chi connectivity index (χ0v) is 13.8. The van der Waals surface area contributed by atoms with Crippen molar-refractivity contribution in [3.63, 3.8) is 0 Å². The number of fused-ring (bicyclic) bond motifs is 1. The van der Waals surface area contributed by atoms with E-state index in [2.05, 4.69) is 18.3 Å². The molecule has 0 aliphatic heterocycles. The van der Waals surface area contributed by atoms with Gasteiger partial charge in [0.05, 0.1) is 15.6 Å². The number of aromatic nitrogens is 1. The summed E-state index contributed by atoms with van der Waals surface area (Å²) in [4.78, 5) is 4.83. The van der Waals surface area contributed by atoms with Gasteiger partial charge in [-0.15, -0.1) is 0 Å². The summed E-state index contributed by atoms with van der Waals surface area (Å²) in [6.45, 7) is 3.11. The van der Waals surface area contributed by atoms with Crippen LogP contribution in [0.15, 0.2) is 18.2 Å². The van der Waals surface area contributed by atoms with Gasteiger partial charge in [-0.05, 0) is 37.5 Å². The van der Waals surface area contributed by atoms with Gasteiger partial charge >= 0.3 is 0 Å². The molecule has 0 atom stereocenters. The van der Waals surface area contributed by atoms with E-state index in [0.717, 1.165) is 35.2 Å². The standard InChI is InChI=1S/C17H20Cl2N2/c1-2-9-20-15-10-14(11-5-3-4-6-11)21-17-12(15)7-8-13(18)16(17)19/h7-8,10-11H,2-6,9H2,1H3,(H,20,21). The molecule has 0 spiro atoms. The third-order valence-corrected chi connectivity index (χ3v) is 5.03. The Morgan fingerprint density at radius 2 is 2.00 bits per heavy atom. The monoisotopic (exact) mass is 322 g/mol. The molecule has 1 aromatic heterocycles. The van der Waals surface area contributed by atoms with E-state index in [1.165, 1.54) is 25.7 Å². The average Bonchev–Trinajstić information content (AvgIpc) is 3.03. The minimum atomic E-state index is 0.562. The maximum absolute atomic E-state index is 6.39. The van der Waals surface area contributed by atoms with Crippen LogP contribution in [0.2, 0.25) is 10.0 Å². The summed E-state index contributed by atoms with van der Waals surface area (Å²) in [5.74, 6) is 0.562. The molecule has 1 aliphatic carbocycles. The van der Waals surface area contributed by atoms with E-state index in [-0.39, 0.29) is 0 Å². The highest BCUT2D eigenvalue weighted by Crippen LogP contribution is 2.38. The van der Waals surface area contributed by atoms with Gasteiger partial charge in [0.25, 0.3) is 0 Å². The molecule has 1 N–H and O–H groups in total. The molecule has 21 heavy (non-hydrogen) atoms. The van der Waals surface area contributed by atoms with Crippen molar-refractivity contribution < 1.29 is 0 Å². The maximum Gasteiger partial charge on any atom is 0.0927 e. The molecule has 0 bridgehead atoms. The van der Waals surface area contributed by atoms with Crippen molar-refractivity contribution >= 4 is 39.8 Å². The van der Waals surface area contributed by atoms with Crippen LogP contribution in [-0.2, 0) is 0 Å². The Labute approximate surface area is 135 Å². The number of hydrogen-bond acceptors (Lipinski definition) is 2. The van der Waals surface area contributed by atoms with E-state index in [9.17, 15) is 0 Å². The van der Waals surface area contributed by atoms with Crippen LogP contribution in [0.25, 0.3) is 10.9 Å². The molecule has 0 unspecified atom stereocenters. The fraction of sp³-hybridized carbons (Fsp3) is 0.471. The van der Waals surface area contributed by atoms with Crippen molar-refractivity contribution in [2.24, 2.45) is 0 Å². The highest BCUT2D eigenvalue weighted by atomic mass is 35.5. The topological polar surface area (TPSA) is 24.9 Å². The molecule has 1 aromatic carbocycles. The van der Waals surface area contributed by atoms with Crippen LogP contribution in [0.1, 0.15) is 50.6 Å². The SMILES string of the molecule is CCCNc1cc(C2CCCC2)nc2c(Cl)c(Cl)ccc12. The van der Waals surface area contributed by atoms with Gasteiger partial charge in [0.15, 0.2) is 0 Å².